The monoisotopic (exact) mass is 199 g/mol. The lowest BCUT2D eigenvalue weighted by atomic mass is 10.3. The van der Waals surface area contributed by atoms with Crippen molar-refractivity contribution in [1.29, 1.82) is 0 Å². The number of rotatable bonds is 7. The minimum absolute atomic E-state index is 0.393. The summed E-state index contributed by atoms with van der Waals surface area (Å²) < 4.78 is 5.58. The van der Waals surface area contributed by atoms with Gasteiger partial charge in [0.05, 0.1) is 18.8 Å². The number of aliphatic hydroxyl groups excluding tert-OH is 1. The van der Waals surface area contributed by atoms with E-state index in [2.05, 4.69) is 11.9 Å². The molecule has 0 aromatic rings. The van der Waals surface area contributed by atoms with Gasteiger partial charge in [-0.1, -0.05) is 18.9 Å². The van der Waals surface area contributed by atoms with Gasteiger partial charge < -0.3 is 15.2 Å². The molecule has 1 aliphatic carbocycles. The summed E-state index contributed by atoms with van der Waals surface area (Å²) in [5.41, 5.74) is 0. The Balaban J connectivity index is 1.96. The van der Waals surface area contributed by atoms with E-state index in [0.29, 0.717) is 19.3 Å². The number of ether oxygens (including phenoxy) is 1. The van der Waals surface area contributed by atoms with Gasteiger partial charge in [-0.15, -0.1) is 6.58 Å². The molecule has 0 heterocycles. The van der Waals surface area contributed by atoms with E-state index in [4.69, 9.17) is 4.74 Å². The van der Waals surface area contributed by atoms with Crippen LogP contribution in [0.2, 0.25) is 0 Å². The molecule has 0 aromatic carbocycles. The molecular formula is C11H21NO2. The first kappa shape index (κ1) is 11.7. The van der Waals surface area contributed by atoms with Gasteiger partial charge in [0, 0.05) is 13.1 Å². The van der Waals surface area contributed by atoms with E-state index in [-0.39, 0.29) is 0 Å². The van der Waals surface area contributed by atoms with Gasteiger partial charge in [0.15, 0.2) is 0 Å². The fourth-order valence-corrected chi connectivity index (χ4v) is 1.71. The molecule has 0 aromatic heterocycles. The molecule has 0 saturated heterocycles. The lowest BCUT2D eigenvalue weighted by Gasteiger charge is -2.15. The molecule has 3 nitrogen and oxygen atoms in total. The fourth-order valence-electron chi connectivity index (χ4n) is 1.71. The van der Waals surface area contributed by atoms with Crippen LogP contribution in [0.3, 0.4) is 0 Å². The Hall–Kier alpha value is -0.380. The summed E-state index contributed by atoms with van der Waals surface area (Å²) in [6.07, 6.45) is 6.65. The summed E-state index contributed by atoms with van der Waals surface area (Å²) in [7, 11) is 0. The second-order valence-electron chi connectivity index (χ2n) is 3.84. The maximum atomic E-state index is 9.51. The lowest BCUT2D eigenvalue weighted by molar-refractivity contribution is -0.00510. The van der Waals surface area contributed by atoms with Crippen LogP contribution in [-0.4, -0.2) is 37.0 Å². The van der Waals surface area contributed by atoms with Crippen LogP contribution in [0.15, 0.2) is 12.7 Å². The van der Waals surface area contributed by atoms with Crippen LogP contribution in [0.25, 0.3) is 0 Å². The molecule has 14 heavy (non-hydrogen) atoms. The van der Waals surface area contributed by atoms with Gasteiger partial charge in [0.1, 0.15) is 0 Å². The van der Waals surface area contributed by atoms with E-state index >= 15 is 0 Å². The van der Waals surface area contributed by atoms with E-state index in [1.165, 1.54) is 12.8 Å². The zero-order chi connectivity index (χ0) is 10.2. The topological polar surface area (TPSA) is 41.5 Å². The van der Waals surface area contributed by atoms with E-state index in [1.807, 2.05) is 0 Å². The van der Waals surface area contributed by atoms with E-state index < -0.39 is 6.10 Å². The van der Waals surface area contributed by atoms with Crippen molar-refractivity contribution in [1.82, 2.24) is 5.32 Å². The van der Waals surface area contributed by atoms with Gasteiger partial charge in [-0.2, -0.15) is 0 Å². The van der Waals surface area contributed by atoms with Crippen LogP contribution in [0.5, 0.6) is 0 Å². The fraction of sp³-hybridized carbons (Fsp3) is 0.818. The van der Waals surface area contributed by atoms with Crippen LogP contribution in [0, 0.1) is 0 Å². The zero-order valence-corrected chi connectivity index (χ0v) is 8.74. The molecule has 3 heteroatoms. The molecule has 0 bridgehead atoms. The average molecular weight is 199 g/mol. The predicted octanol–water partition coefficient (Wildman–Crippen LogP) is 1.08. The molecule has 82 valence electrons. The van der Waals surface area contributed by atoms with Crippen LogP contribution < -0.4 is 5.32 Å². The van der Waals surface area contributed by atoms with Crippen molar-refractivity contribution in [3.8, 4) is 0 Å². The quantitative estimate of drug-likeness (QED) is 0.476. The summed E-state index contributed by atoms with van der Waals surface area (Å²) in [6, 6.07) is 0. The smallest absolute Gasteiger partial charge is 0.0897 e. The Morgan fingerprint density at radius 3 is 2.86 bits per heavy atom. The van der Waals surface area contributed by atoms with Gasteiger partial charge in [-0.3, -0.25) is 0 Å². The Labute approximate surface area is 86.2 Å². The molecule has 0 amide bonds. The Kier molecular flexibility index (Phi) is 5.83. The third kappa shape index (κ3) is 4.74. The lowest BCUT2D eigenvalue weighted by Crippen LogP contribution is -2.31. The number of hydrogen-bond acceptors (Lipinski definition) is 3. The molecule has 1 unspecified atom stereocenters. The molecule has 1 atom stereocenters. The van der Waals surface area contributed by atoms with Gasteiger partial charge in [-0.05, 0) is 12.8 Å². The minimum atomic E-state index is -0.393. The van der Waals surface area contributed by atoms with Crippen LogP contribution in [0.4, 0.5) is 0 Å². The molecule has 1 fully saturated rings. The third-order valence-corrected chi connectivity index (χ3v) is 2.50. The highest BCUT2D eigenvalue weighted by Gasteiger charge is 2.16. The highest BCUT2D eigenvalue weighted by atomic mass is 16.5. The van der Waals surface area contributed by atoms with Crippen molar-refractivity contribution in [2.24, 2.45) is 0 Å². The Morgan fingerprint density at radius 2 is 2.21 bits per heavy atom. The average Bonchev–Trinajstić information content (AvgIpc) is 2.68. The first-order chi connectivity index (χ1) is 6.83. The van der Waals surface area contributed by atoms with Crippen LogP contribution in [0.1, 0.15) is 25.7 Å². The molecule has 2 N–H and O–H groups in total. The maximum Gasteiger partial charge on any atom is 0.0897 e. The SMILES string of the molecule is C=CCNCC(O)COC1CCCC1. The molecule has 1 saturated carbocycles. The minimum Gasteiger partial charge on any atom is -0.389 e. The predicted molar refractivity (Wildman–Crippen MR) is 57.3 cm³/mol. The van der Waals surface area contributed by atoms with Crippen LogP contribution in [-0.2, 0) is 4.74 Å². The summed E-state index contributed by atoms with van der Waals surface area (Å²) >= 11 is 0. The van der Waals surface area contributed by atoms with Crippen molar-refractivity contribution in [3.63, 3.8) is 0 Å². The zero-order valence-electron chi connectivity index (χ0n) is 8.74. The first-order valence-corrected chi connectivity index (χ1v) is 5.44. The van der Waals surface area contributed by atoms with Crippen molar-refractivity contribution < 1.29 is 9.84 Å². The summed E-state index contributed by atoms with van der Waals surface area (Å²) in [4.78, 5) is 0. The molecule has 0 radical (unpaired) electrons. The van der Waals surface area contributed by atoms with Gasteiger partial charge in [0.2, 0.25) is 0 Å². The van der Waals surface area contributed by atoms with Crippen LogP contribution >= 0.6 is 0 Å². The third-order valence-electron chi connectivity index (χ3n) is 2.50. The Bertz CT molecular complexity index is 155. The molecule has 0 spiro atoms. The summed E-state index contributed by atoms with van der Waals surface area (Å²) in [5, 5.41) is 12.6. The molecule has 0 aliphatic heterocycles. The summed E-state index contributed by atoms with van der Waals surface area (Å²) in [5.74, 6) is 0. The highest BCUT2D eigenvalue weighted by molar-refractivity contribution is 4.72. The maximum absolute atomic E-state index is 9.51. The normalized spacial score (nSPS) is 19.8. The molecular weight excluding hydrogens is 178 g/mol. The van der Waals surface area contributed by atoms with Gasteiger partial charge >= 0.3 is 0 Å². The number of nitrogens with one attached hydrogen (secondary N) is 1. The largest absolute Gasteiger partial charge is 0.389 e. The first-order valence-electron chi connectivity index (χ1n) is 5.44. The van der Waals surface area contributed by atoms with E-state index in [9.17, 15) is 5.11 Å². The second kappa shape index (κ2) is 6.98. The number of hydrogen-bond donors (Lipinski definition) is 2. The van der Waals surface area contributed by atoms with Crippen molar-refractivity contribution >= 4 is 0 Å². The van der Waals surface area contributed by atoms with Gasteiger partial charge in [0.25, 0.3) is 0 Å². The number of aliphatic hydroxyl groups is 1. The van der Waals surface area contributed by atoms with E-state index in [0.717, 1.165) is 19.4 Å². The highest BCUT2D eigenvalue weighted by Crippen LogP contribution is 2.20. The van der Waals surface area contributed by atoms with Crippen molar-refractivity contribution in [3.05, 3.63) is 12.7 Å². The Morgan fingerprint density at radius 1 is 1.50 bits per heavy atom. The van der Waals surface area contributed by atoms with Crippen molar-refractivity contribution in [2.75, 3.05) is 19.7 Å². The second-order valence-corrected chi connectivity index (χ2v) is 3.84. The van der Waals surface area contributed by atoms with E-state index in [1.54, 1.807) is 6.08 Å². The standard InChI is InChI=1S/C11H21NO2/c1-2-7-12-8-10(13)9-14-11-5-3-4-6-11/h2,10-13H,1,3-9H2. The molecule has 1 rings (SSSR count). The van der Waals surface area contributed by atoms with Gasteiger partial charge in [-0.25, -0.2) is 0 Å². The van der Waals surface area contributed by atoms with Crippen molar-refractivity contribution in [2.45, 2.75) is 37.9 Å². The molecule has 1 aliphatic rings. The summed E-state index contributed by atoms with van der Waals surface area (Å²) in [6.45, 7) is 5.36.